The molecular weight excluding hydrogens is 304 g/mol. The van der Waals surface area contributed by atoms with Crippen molar-refractivity contribution in [1.29, 1.82) is 0 Å². The summed E-state index contributed by atoms with van der Waals surface area (Å²) in [6, 6.07) is 0.185. The predicted molar refractivity (Wildman–Crippen MR) is 89.8 cm³/mol. The van der Waals surface area contributed by atoms with E-state index in [0.29, 0.717) is 24.8 Å². The third kappa shape index (κ3) is 2.75. The maximum absolute atomic E-state index is 13.1. The second kappa shape index (κ2) is 5.45. The Bertz CT molecular complexity index is 547. The van der Waals surface area contributed by atoms with Crippen molar-refractivity contribution in [1.82, 2.24) is 4.90 Å². The molecule has 24 heavy (non-hydrogen) atoms. The van der Waals surface area contributed by atoms with Crippen molar-refractivity contribution >= 4 is 11.8 Å². The van der Waals surface area contributed by atoms with Gasteiger partial charge < -0.3 is 15.7 Å². The number of nitrogens with two attached hydrogens (primary N) is 1. The van der Waals surface area contributed by atoms with Crippen LogP contribution in [0.25, 0.3) is 0 Å². The van der Waals surface area contributed by atoms with Gasteiger partial charge in [-0.3, -0.25) is 9.59 Å². The predicted octanol–water partition coefficient (Wildman–Crippen LogP) is 1.82. The lowest BCUT2D eigenvalue weighted by molar-refractivity contribution is -0.173. The van der Waals surface area contributed by atoms with E-state index in [1.54, 1.807) is 0 Å². The third-order valence-electron chi connectivity index (χ3n) is 7.28. The molecule has 4 aliphatic carbocycles. The first-order valence-electron chi connectivity index (χ1n) is 9.59. The Morgan fingerprint density at radius 1 is 1.17 bits per heavy atom. The standard InChI is InChI=1S/C19H30N2O3/c1-12-2-3-15(17(20)23)10-21(12)16(22)9-18-5-13-4-14(6-18)8-19(24,7-13)11-18/h12-15,24H,2-11H2,1H3,(H2,20,23)/t12-,13-,14-,15+,18?,19?/m1/s1. The van der Waals surface area contributed by atoms with Crippen LogP contribution in [0.3, 0.4) is 0 Å². The largest absolute Gasteiger partial charge is 0.390 e. The van der Waals surface area contributed by atoms with E-state index in [-0.39, 0.29) is 29.2 Å². The highest BCUT2D eigenvalue weighted by molar-refractivity contribution is 5.81. The van der Waals surface area contributed by atoms with E-state index in [9.17, 15) is 14.7 Å². The fraction of sp³-hybridized carbons (Fsp3) is 0.895. The number of hydrogen-bond donors (Lipinski definition) is 2. The number of piperidine rings is 1. The van der Waals surface area contributed by atoms with Crippen molar-refractivity contribution in [3.63, 3.8) is 0 Å². The molecule has 0 aromatic carbocycles. The molecule has 4 saturated carbocycles. The van der Waals surface area contributed by atoms with E-state index in [4.69, 9.17) is 5.73 Å². The lowest BCUT2D eigenvalue weighted by Gasteiger charge is -2.60. The normalized spacial score (nSPS) is 47.0. The van der Waals surface area contributed by atoms with Gasteiger partial charge in [0, 0.05) is 19.0 Å². The molecular formula is C19H30N2O3. The maximum atomic E-state index is 13.1. The van der Waals surface area contributed by atoms with Crippen molar-refractivity contribution in [2.45, 2.75) is 76.4 Å². The second-order valence-electron chi connectivity index (χ2n) is 9.43. The fourth-order valence-corrected chi connectivity index (χ4v) is 6.72. The van der Waals surface area contributed by atoms with Crippen LogP contribution >= 0.6 is 0 Å². The average molecular weight is 334 g/mol. The van der Waals surface area contributed by atoms with Gasteiger partial charge >= 0.3 is 0 Å². The fourth-order valence-electron chi connectivity index (χ4n) is 6.72. The molecule has 5 aliphatic rings. The Morgan fingerprint density at radius 3 is 2.42 bits per heavy atom. The van der Waals surface area contributed by atoms with Crippen molar-refractivity contribution in [3.8, 4) is 0 Å². The minimum absolute atomic E-state index is 0.00466. The summed E-state index contributed by atoms with van der Waals surface area (Å²) >= 11 is 0. The van der Waals surface area contributed by atoms with Crippen LogP contribution in [-0.2, 0) is 9.59 Å². The molecule has 0 unspecified atom stereocenters. The number of carbonyl (C=O) groups excluding carboxylic acids is 2. The summed E-state index contributed by atoms with van der Waals surface area (Å²) in [5.41, 5.74) is 4.95. The summed E-state index contributed by atoms with van der Waals surface area (Å²) in [4.78, 5) is 26.5. The Hall–Kier alpha value is -1.10. The van der Waals surface area contributed by atoms with Crippen LogP contribution in [0.15, 0.2) is 0 Å². The zero-order chi connectivity index (χ0) is 17.1. The van der Waals surface area contributed by atoms with Gasteiger partial charge in [0.05, 0.1) is 11.5 Å². The highest BCUT2D eigenvalue weighted by Gasteiger charge is 2.57. The first-order chi connectivity index (χ1) is 11.3. The topological polar surface area (TPSA) is 83.6 Å². The molecule has 4 bridgehead atoms. The van der Waals surface area contributed by atoms with E-state index in [2.05, 4.69) is 6.92 Å². The molecule has 5 fully saturated rings. The van der Waals surface area contributed by atoms with Crippen molar-refractivity contribution in [3.05, 3.63) is 0 Å². The van der Waals surface area contributed by atoms with Crippen LogP contribution in [0.5, 0.6) is 0 Å². The van der Waals surface area contributed by atoms with E-state index in [1.807, 2.05) is 4.90 Å². The number of nitrogens with zero attached hydrogens (tertiary/aromatic N) is 1. The molecule has 2 amide bonds. The molecule has 0 radical (unpaired) electrons. The number of hydrogen-bond acceptors (Lipinski definition) is 3. The zero-order valence-electron chi connectivity index (χ0n) is 14.7. The smallest absolute Gasteiger partial charge is 0.223 e. The number of rotatable bonds is 3. The third-order valence-corrected chi connectivity index (χ3v) is 7.28. The summed E-state index contributed by atoms with van der Waals surface area (Å²) in [5, 5.41) is 10.9. The number of amides is 2. The first-order valence-corrected chi connectivity index (χ1v) is 9.59. The molecule has 1 aliphatic heterocycles. The summed E-state index contributed by atoms with van der Waals surface area (Å²) in [6.45, 7) is 2.55. The molecule has 1 heterocycles. The highest BCUT2D eigenvalue weighted by Crippen LogP contribution is 2.63. The van der Waals surface area contributed by atoms with Gasteiger partial charge in [-0.15, -0.1) is 0 Å². The quantitative estimate of drug-likeness (QED) is 0.826. The van der Waals surface area contributed by atoms with Gasteiger partial charge in [0.25, 0.3) is 0 Å². The van der Waals surface area contributed by atoms with Gasteiger partial charge in [-0.1, -0.05) is 0 Å². The number of primary amides is 1. The molecule has 0 spiro atoms. The molecule has 0 aromatic heterocycles. The molecule has 0 aromatic rings. The summed E-state index contributed by atoms with van der Waals surface area (Å²) < 4.78 is 0. The molecule has 134 valence electrons. The second-order valence-corrected chi connectivity index (χ2v) is 9.43. The minimum atomic E-state index is -0.520. The van der Waals surface area contributed by atoms with Gasteiger partial charge in [0.2, 0.25) is 11.8 Å². The Balaban J connectivity index is 1.48. The van der Waals surface area contributed by atoms with Gasteiger partial charge in [0.1, 0.15) is 0 Å². The van der Waals surface area contributed by atoms with Gasteiger partial charge in [-0.05, 0) is 75.5 Å². The van der Waals surface area contributed by atoms with Gasteiger partial charge in [-0.25, -0.2) is 0 Å². The van der Waals surface area contributed by atoms with E-state index in [1.165, 1.54) is 6.42 Å². The van der Waals surface area contributed by atoms with Crippen LogP contribution < -0.4 is 5.73 Å². The first kappa shape index (κ1) is 16.4. The average Bonchev–Trinajstić information content (AvgIpc) is 2.43. The van der Waals surface area contributed by atoms with E-state index >= 15 is 0 Å². The van der Waals surface area contributed by atoms with Crippen molar-refractivity contribution in [2.75, 3.05) is 6.54 Å². The van der Waals surface area contributed by atoms with Crippen LogP contribution in [-0.4, -0.2) is 40.0 Å². The zero-order valence-corrected chi connectivity index (χ0v) is 14.7. The molecule has 5 rings (SSSR count). The van der Waals surface area contributed by atoms with Crippen molar-refractivity contribution < 1.29 is 14.7 Å². The molecule has 1 saturated heterocycles. The van der Waals surface area contributed by atoms with Crippen LogP contribution in [0.1, 0.15) is 64.7 Å². The van der Waals surface area contributed by atoms with Gasteiger partial charge in [-0.2, -0.15) is 0 Å². The molecule has 5 nitrogen and oxygen atoms in total. The van der Waals surface area contributed by atoms with Crippen LogP contribution in [0, 0.1) is 23.2 Å². The van der Waals surface area contributed by atoms with Crippen LogP contribution in [0.2, 0.25) is 0 Å². The lowest BCUT2D eigenvalue weighted by Crippen LogP contribution is -2.57. The van der Waals surface area contributed by atoms with Gasteiger partial charge in [0.15, 0.2) is 0 Å². The monoisotopic (exact) mass is 334 g/mol. The molecule has 5 heteroatoms. The summed E-state index contributed by atoms with van der Waals surface area (Å²) in [7, 11) is 0. The number of likely N-dealkylation sites (tertiary alicyclic amines) is 1. The molecule has 4 atom stereocenters. The van der Waals surface area contributed by atoms with E-state index < -0.39 is 5.60 Å². The Kier molecular flexibility index (Phi) is 3.72. The Morgan fingerprint density at radius 2 is 1.83 bits per heavy atom. The maximum Gasteiger partial charge on any atom is 0.223 e. The lowest BCUT2D eigenvalue weighted by atomic mass is 9.47. The van der Waals surface area contributed by atoms with E-state index in [0.717, 1.165) is 44.9 Å². The number of carbonyl (C=O) groups is 2. The molecule has 3 N–H and O–H groups in total. The highest BCUT2D eigenvalue weighted by atomic mass is 16.3. The Labute approximate surface area is 144 Å². The SMILES string of the molecule is C[C@@H]1CC[C@H](C(N)=O)CN1C(=O)CC12C[C@H]3C[C@@H](CC(O)(C3)C1)C2. The van der Waals surface area contributed by atoms with Crippen molar-refractivity contribution in [2.24, 2.45) is 28.9 Å². The van der Waals surface area contributed by atoms with Crippen LogP contribution in [0.4, 0.5) is 0 Å². The number of aliphatic hydroxyl groups is 1. The summed E-state index contributed by atoms with van der Waals surface area (Å²) in [5.74, 6) is 0.871. The summed E-state index contributed by atoms with van der Waals surface area (Å²) in [6.07, 6.45) is 8.27. The minimum Gasteiger partial charge on any atom is -0.390 e.